The first-order valence-corrected chi connectivity index (χ1v) is 6.90. The molecule has 1 amide bonds. The number of carbonyl (C=O) groups excluding carboxylic acids is 1. The first kappa shape index (κ1) is 14.7. The number of piperidine rings is 1. The second-order valence-corrected chi connectivity index (χ2v) is 5.00. The van der Waals surface area contributed by atoms with E-state index in [-0.39, 0.29) is 18.0 Å². The molecular weight excluding hydrogens is 256 g/mol. The van der Waals surface area contributed by atoms with Crippen molar-refractivity contribution in [2.45, 2.75) is 31.8 Å². The number of carbonyl (C=O) groups is 1. The molecule has 1 aliphatic heterocycles. The Kier molecular flexibility index (Phi) is 4.49. The van der Waals surface area contributed by atoms with Gasteiger partial charge in [-0.15, -0.1) is 0 Å². The van der Waals surface area contributed by atoms with Gasteiger partial charge in [-0.05, 0) is 31.0 Å². The van der Waals surface area contributed by atoms with Crippen molar-refractivity contribution in [2.24, 2.45) is 5.73 Å². The van der Waals surface area contributed by atoms with Crippen LogP contribution >= 0.6 is 0 Å². The van der Waals surface area contributed by atoms with E-state index in [0.29, 0.717) is 30.9 Å². The predicted octanol–water partition coefficient (Wildman–Crippen LogP) is 1.71. The van der Waals surface area contributed by atoms with E-state index in [9.17, 15) is 4.79 Å². The first-order chi connectivity index (χ1) is 9.58. The van der Waals surface area contributed by atoms with E-state index in [0.717, 1.165) is 5.56 Å². The summed E-state index contributed by atoms with van der Waals surface area (Å²) in [4.78, 5) is 13.6. The Balaban J connectivity index is 2.35. The Bertz CT molecular complexity index is 490. The molecule has 0 saturated carbocycles. The summed E-state index contributed by atoms with van der Waals surface area (Å²) in [6.07, 6.45) is 1.23. The lowest BCUT2D eigenvalue weighted by atomic mass is 9.91. The summed E-state index contributed by atoms with van der Waals surface area (Å²) >= 11 is 0. The molecule has 1 aliphatic rings. The van der Waals surface area contributed by atoms with E-state index in [4.69, 9.17) is 15.2 Å². The molecule has 1 aromatic carbocycles. The van der Waals surface area contributed by atoms with Crippen LogP contribution in [0.15, 0.2) is 18.2 Å². The zero-order chi connectivity index (χ0) is 14.7. The number of methoxy groups -OCH3 is 1. The van der Waals surface area contributed by atoms with Crippen LogP contribution in [0.1, 0.15) is 31.4 Å². The highest BCUT2D eigenvalue weighted by atomic mass is 16.5. The van der Waals surface area contributed by atoms with Crippen molar-refractivity contribution in [2.75, 3.05) is 20.8 Å². The fourth-order valence-corrected chi connectivity index (χ4v) is 2.68. The van der Waals surface area contributed by atoms with Gasteiger partial charge in [-0.2, -0.15) is 0 Å². The van der Waals surface area contributed by atoms with Crippen LogP contribution in [0.5, 0.6) is 11.5 Å². The quantitative estimate of drug-likeness (QED) is 0.910. The van der Waals surface area contributed by atoms with Crippen molar-refractivity contribution in [3.63, 3.8) is 0 Å². The van der Waals surface area contributed by atoms with Crippen LogP contribution in [0.2, 0.25) is 0 Å². The van der Waals surface area contributed by atoms with Gasteiger partial charge in [0.05, 0.1) is 19.8 Å². The molecule has 5 heteroatoms. The maximum atomic E-state index is 11.9. The van der Waals surface area contributed by atoms with Gasteiger partial charge in [-0.3, -0.25) is 4.79 Å². The Labute approximate surface area is 119 Å². The molecular formula is C15H22N2O3. The third-order valence-electron chi connectivity index (χ3n) is 3.74. The highest BCUT2D eigenvalue weighted by Gasteiger charge is 2.32. The molecule has 20 heavy (non-hydrogen) atoms. The number of nitrogens with zero attached hydrogens (tertiary/aromatic N) is 1. The predicted molar refractivity (Wildman–Crippen MR) is 76.9 cm³/mol. The lowest BCUT2D eigenvalue weighted by molar-refractivity contribution is -0.135. The second kappa shape index (κ2) is 6.13. The number of rotatable bonds is 4. The van der Waals surface area contributed by atoms with Gasteiger partial charge in [0, 0.05) is 19.5 Å². The topological polar surface area (TPSA) is 64.8 Å². The molecule has 0 spiro atoms. The number of benzene rings is 1. The summed E-state index contributed by atoms with van der Waals surface area (Å²) < 4.78 is 10.9. The molecule has 2 atom stereocenters. The van der Waals surface area contributed by atoms with E-state index in [1.54, 1.807) is 19.1 Å². The van der Waals surface area contributed by atoms with E-state index >= 15 is 0 Å². The number of hydrogen-bond acceptors (Lipinski definition) is 4. The van der Waals surface area contributed by atoms with E-state index in [1.807, 2.05) is 25.1 Å². The van der Waals surface area contributed by atoms with Gasteiger partial charge < -0.3 is 20.1 Å². The monoisotopic (exact) mass is 278 g/mol. The van der Waals surface area contributed by atoms with Crippen LogP contribution < -0.4 is 15.2 Å². The SMILES string of the molecule is CCOc1cc(C2C(N)CCC(=O)N2C)ccc1OC. The molecule has 2 unspecified atom stereocenters. The van der Waals surface area contributed by atoms with Crippen molar-refractivity contribution >= 4 is 5.91 Å². The zero-order valence-corrected chi connectivity index (χ0v) is 12.3. The van der Waals surface area contributed by atoms with Crippen molar-refractivity contribution in [1.82, 2.24) is 4.90 Å². The summed E-state index contributed by atoms with van der Waals surface area (Å²) in [5.74, 6) is 1.51. The summed E-state index contributed by atoms with van der Waals surface area (Å²) in [6, 6.07) is 5.56. The first-order valence-electron chi connectivity index (χ1n) is 6.90. The smallest absolute Gasteiger partial charge is 0.222 e. The van der Waals surface area contributed by atoms with Crippen molar-refractivity contribution in [3.05, 3.63) is 23.8 Å². The molecule has 0 radical (unpaired) electrons. The van der Waals surface area contributed by atoms with Crippen LogP contribution in [-0.2, 0) is 4.79 Å². The molecule has 110 valence electrons. The highest BCUT2D eigenvalue weighted by molar-refractivity contribution is 5.77. The molecule has 0 bridgehead atoms. The molecule has 1 fully saturated rings. The molecule has 1 aromatic rings. The minimum absolute atomic E-state index is 0.0550. The van der Waals surface area contributed by atoms with Gasteiger partial charge >= 0.3 is 0 Å². The minimum atomic E-state index is -0.110. The summed E-state index contributed by atoms with van der Waals surface area (Å²) in [7, 11) is 3.41. The van der Waals surface area contributed by atoms with E-state index < -0.39 is 0 Å². The zero-order valence-electron chi connectivity index (χ0n) is 12.3. The second-order valence-electron chi connectivity index (χ2n) is 5.00. The van der Waals surface area contributed by atoms with Gasteiger partial charge in [0.25, 0.3) is 0 Å². The Morgan fingerprint density at radius 2 is 2.15 bits per heavy atom. The highest BCUT2D eigenvalue weighted by Crippen LogP contribution is 2.35. The molecule has 5 nitrogen and oxygen atoms in total. The molecule has 2 rings (SSSR count). The van der Waals surface area contributed by atoms with Gasteiger partial charge in [0.15, 0.2) is 11.5 Å². The van der Waals surface area contributed by atoms with Gasteiger partial charge in [-0.1, -0.05) is 6.07 Å². The van der Waals surface area contributed by atoms with Crippen molar-refractivity contribution in [3.8, 4) is 11.5 Å². The van der Waals surface area contributed by atoms with Crippen LogP contribution in [0, 0.1) is 0 Å². The molecule has 1 heterocycles. The van der Waals surface area contributed by atoms with E-state index in [1.165, 1.54) is 0 Å². The number of likely N-dealkylation sites (tertiary alicyclic amines) is 1. The Morgan fingerprint density at radius 3 is 2.80 bits per heavy atom. The fraction of sp³-hybridized carbons (Fsp3) is 0.533. The van der Waals surface area contributed by atoms with Crippen molar-refractivity contribution in [1.29, 1.82) is 0 Å². The lowest BCUT2D eigenvalue weighted by Crippen LogP contribution is -2.46. The number of hydrogen-bond donors (Lipinski definition) is 1. The summed E-state index contributed by atoms with van der Waals surface area (Å²) in [5.41, 5.74) is 7.18. The minimum Gasteiger partial charge on any atom is -0.493 e. The summed E-state index contributed by atoms with van der Waals surface area (Å²) in [6.45, 7) is 2.49. The van der Waals surface area contributed by atoms with Crippen LogP contribution in [0.3, 0.4) is 0 Å². The third-order valence-corrected chi connectivity index (χ3v) is 3.74. The molecule has 2 N–H and O–H groups in total. The standard InChI is InChI=1S/C15H22N2O3/c1-4-20-13-9-10(5-7-12(13)19-3)15-11(16)6-8-14(18)17(15)2/h5,7,9,11,15H,4,6,8,16H2,1-3H3. The van der Waals surface area contributed by atoms with Crippen LogP contribution in [-0.4, -0.2) is 37.6 Å². The summed E-state index contributed by atoms with van der Waals surface area (Å²) in [5, 5.41) is 0. The van der Waals surface area contributed by atoms with Crippen molar-refractivity contribution < 1.29 is 14.3 Å². The molecule has 1 saturated heterocycles. The normalized spacial score (nSPS) is 22.8. The van der Waals surface area contributed by atoms with E-state index in [2.05, 4.69) is 0 Å². The number of amides is 1. The van der Waals surface area contributed by atoms with Crippen LogP contribution in [0.25, 0.3) is 0 Å². The Hall–Kier alpha value is -1.75. The molecule has 0 aliphatic carbocycles. The third kappa shape index (κ3) is 2.72. The largest absolute Gasteiger partial charge is 0.493 e. The Morgan fingerprint density at radius 1 is 1.40 bits per heavy atom. The fourth-order valence-electron chi connectivity index (χ4n) is 2.68. The number of ether oxygens (including phenoxy) is 2. The van der Waals surface area contributed by atoms with Crippen LogP contribution in [0.4, 0.5) is 0 Å². The maximum Gasteiger partial charge on any atom is 0.222 e. The molecule has 0 aromatic heterocycles. The lowest BCUT2D eigenvalue weighted by Gasteiger charge is -2.37. The average Bonchev–Trinajstić information content (AvgIpc) is 2.44. The van der Waals surface area contributed by atoms with Gasteiger partial charge in [0.1, 0.15) is 0 Å². The maximum absolute atomic E-state index is 11.9. The number of likely N-dealkylation sites (N-methyl/N-ethyl adjacent to an activating group) is 1. The number of nitrogens with two attached hydrogens (primary N) is 1. The average molecular weight is 278 g/mol. The van der Waals surface area contributed by atoms with Gasteiger partial charge in [0.2, 0.25) is 5.91 Å². The van der Waals surface area contributed by atoms with Gasteiger partial charge in [-0.25, -0.2) is 0 Å².